The van der Waals surface area contributed by atoms with Crippen LogP contribution >= 0.6 is 0 Å². The van der Waals surface area contributed by atoms with Gasteiger partial charge < -0.3 is 9.13 Å². The Morgan fingerprint density at radius 1 is 0.643 bits per heavy atom. The van der Waals surface area contributed by atoms with E-state index in [4.69, 9.17) is 0 Å². The number of hydrogen-bond donors (Lipinski definition) is 0. The van der Waals surface area contributed by atoms with Gasteiger partial charge in [-0.25, -0.2) is 4.39 Å². The minimum Gasteiger partial charge on any atom is -0.350 e. The number of benzene rings is 3. The van der Waals surface area contributed by atoms with Gasteiger partial charge in [0.15, 0.2) is 0 Å². The van der Waals surface area contributed by atoms with Gasteiger partial charge in [-0.2, -0.15) is 0 Å². The molecule has 5 rings (SSSR count). The van der Waals surface area contributed by atoms with Crippen LogP contribution in [0.1, 0.15) is 22.6 Å². The standard InChI is InChI=1S/C25H21FN2/c1-27-15-21(19-7-3-5-9-23(19)27)25(17-11-13-18(26)14-12-17)22-16-28(2)24-10-6-4-8-20(22)24/h3-16,25H,1-2H3. The molecule has 0 aliphatic heterocycles. The van der Waals surface area contributed by atoms with Gasteiger partial charge >= 0.3 is 0 Å². The van der Waals surface area contributed by atoms with Gasteiger partial charge in [-0.1, -0.05) is 48.5 Å². The summed E-state index contributed by atoms with van der Waals surface area (Å²) >= 11 is 0. The summed E-state index contributed by atoms with van der Waals surface area (Å²) in [7, 11) is 4.16. The molecule has 0 N–H and O–H groups in total. The topological polar surface area (TPSA) is 9.86 Å². The molecule has 0 saturated heterocycles. The third-order valence-corrected chi connectivity index (χ3v) is 5.68. The number of aromatic nitrogens is 2. The normalized spacial score (nSPS) is 11.7. The van der Waals surface area contributed by atoms with Crippen LogP contribution in [0, 0.1) is 5.82 Å². The molecule has 0 amide bonds. The molecule has 3 aromatic carbocycles. The monoisotopic (exact) mass is 368 g/mol. The zero-order chi connectivity index (χ0) is 19.3. The maximum absolute atomic E-state index is 13.7. The number of rotatable bonds is 3. The van der Waals surface area contributed by atoms with E-state index in [0.717, 1.165) is 5.56 Å². The fourth-order valence-electron chi connectivity index (χ4n) is 4.39. The Morgan fingerprint density at radius 3 is 1.61 bits per heavy atom. The average Bonchev–Trinajstić information content (AvgIpc) is 3.22. The summed E-state index contributed by atoms with van der Waals surface area (Å²) in [5, 5.41) is 2.46. The van der Waals surface area contributed by atoms with Crippen molar-refractivity contribution >= 4 is 21.8 Å². The van der Waals surface area contributed by atoms with Crippen molar-refractivity contribution in [2.75, 3.05) is 0 Å². The molecule has 0 atom stereocenters. The Hall–Kier alpha value is -3.33. The van der Waals surface area contributed by atoms with Gasteiger partial charge in [-0.05, 0) is 41.0 Å². The molecular formula is C25H21FN2. The van der Waals surface area contributed by atoms with E-state index in [-0.39, 0.29) is 11.7 Å². The summed E-state index contributed by atoms with van der Waals surface area (Å²) in [5.41, 5.74) is 5.96. The number of para-hydroxylation sites is 2. The lowest BCUT2D eigenvalue weighted by molar-refractivity contribution is 0.627. The minimum absolute atomic E-state index is 0.0257. The Bertz CT molecular complexity index is 1210. The Labute approximate surface area is 163 Å². The van der Waals surface area contributed by atoms with Gasteiger partial charge in [0.25, 0.3) is 0 Å². The van der Waals surface area contributed by atoms with E-state index in [1.54, 1.807) is 12.1 Å². The first-order valence-corrected chi connectivity index (χ1v) is 9.47. The summed E-state index contributed by atoms with van der Waals surface area (Å²) < 4.78 is 18.0. The van der Waals surface area contributed by atoms with Gasteiger partial charge in [0, 0.05) is 54.2 Å². The summed E-state index contributed by atoms with van der Waals surface area (Å²) in [6.45, 7) is 0. The highest BCUT2D eigenvalue weighted by Crippen LogP contribution is 2.40. The number of fused-ring (bicyclic) bond motifs is 2. The van der Waals surface area contributed by atoms with Gasteiger partial charge in [-0.3, -0.25) is 0 Å². The Morgan fingerprint density at radius 2 is 1.11 bits per heavy atom. The molecule has 0 spiro atoms. The van der Waals surface area contributed by atoms with Crippen molar-refractivity contribution in [3.63, 3.8) is 0 Å². The summed E-state index contributed by atoms with van der Waals surface area (Å²) in [5.74, 6) is -0.184. The number of aryl methyl sites for hydroxylation is 2. The van der Waals surface area contributed by atoms with E-state index in [2.05, 4.69) is 84.2 Å². The SMILES string of the molecule is Cn1cc(C(c2ccc(F)cc2)c2cn(C)c3ccccc23)c2ccccc21. The molecule has 2 aromatic heterocycles. The van der Waals surface area contributed by atoms with E-state index in [9.17, 15) is 4.39 Å². The molecule has 5 aromatic rings. The minimum atomic E-state index is -0.210. The van der Waals surface area contributed by atoms with Crippen molar-refractivity contribution in [1.29, 1.82) is 0 Å². The van der Waals surface area contributed by atoms with E-state index in [1.807, 2.05) is 12.1 Å². The highest BCUT2D eigenvalue weighted by molar-refractivity contribution is 5.89. The van der Waals surface area contributed by atoms with Crippen LogP contribution in [-0.4, -0.2) is 9.13 Å². The van der Waals surface area contributed by atoms with Crippen molar-refractivity contribution in [2.24, 2.45) is 14.1 Å². The van der Waals surface area contributed by atoms with Crippen LogP contribution < -0.4 is 0 Å². The van der Waals surface area contributed by atoms with Crippen LogP contribution in [0.3, 0.4) is 0 Å². The Kier molecular flexibility index (Phi) is 3.83. The quantitative estimate of drug-likeness (QED) is 0.370. The fraction of sp³-hybridized carbons (Fsp3) is 0.120. The second-order valence-electron chi connectivity index (χ2n) is 7.41. The van der Waals surface area contributed by atoms with Crippen molar-refractivity contribution in [2.45, 2.75) is 5.92 Å². The third-order valence-electron chi connectivity index (χ3n) is 5.68. The number of hydrogen-bond acceptors (Lipinski definition) is 0. The molecule has 2 heterocycles. The largest absolute Gasteiger partial charge is 0.350 e. The van der Waals surface area contributed by atoms with Gasteiger partial charge in [-0.15, -0.1) is 0 Å². The summed E-state index contributed by atoms with van der Waals surface area (Å²) in [6.07, 6.45) is 4.42. The first-order chi connectivity index (χ1) is 13.6. The summed E-state index contributed by atoms with van der Waals surface area (Å²) in [4.78, 5) is 0. The predicted octanol–water partition coefficient (Wildman–Crippen LogP) is 5.99. The zero-order valence-electron chi connectivity index (χ0n) is 15.9. The highest BCUT2D eigenvalue weighted by Gasteiger charge is 2.24. The molecule has 2 nitrogen and oxygen atoms in total. The van der Waals surface area contributed by atoms with Crippen LogP contribution in [0.5, 0.6) is 0 Å². The molecule has 0 aliphatic rings. The van der Waals surface area contributed by atoms with E-state index >= 15 is 0 Å². The molecule has 0 unspecified atom stereocenters. The van der Waals surface area contributed by atoms with Gasteiger partial charge in [0.1, 0.15) is 5.82 Å². The third kappa shape index (κ3) is 2.55. The van der Waals surface area contributed by atoms with E-state index in [1.165, 1.54) is 32.9 Å². The zero-order valence-corrected chi connectivity index (χ0v) is 15.9. The first kappa shape index (κ1) is 16.8. The lowest BCUT2D eigenvalue weighted by Gasteiger charge is -2.17. The smallest absolute Gasteiger partial charge is 0.123 e. The molecule has 0 bridgehead atoms. The van der Waals surface area contributed by atoms with Crippen LogP contribution in [0.25, 0.3) is 21.8 Å². The molecule has 0 saturated carbocycles. The average molecular weight is 368 g/mol. The number of nitrogens with zero attached hydrogens (tertiary/aromatic N) is 2. The molecule has 3 heteroatoms. The molecule has 0 aliphatic carbocycles. The van der Waals surface area contributed by atoms with Crippen LogP contribution in [0.2, 0.25) is 0 Å². The van der Waals surface area contributed by atoms with Crippen molar-refractivity contribution in [3.05, 3.63) is 108 Å². The van der Waals surface area contributed by atoms with Crippen LogP contribution in [-0.2, 0) is 14.1 Å². The molecule has 28 heavy (non-hydrogen) atoms. The van der Waals surface area contributed by atoms with Crippen LogP contribution in [0.4, 0.5) is 4.39 Å². The Balaban J connectivity index is 1.84. The number of halogens is 1. The van der Waals surface area contributed by atoms with Crippen LogP contribution in [0.15, 0.2) is 85.2 Å². The summed E-state index contributed by atoms with van der Waals surface area (Å²) in [6, 6.07) is 23.8. The van der Waals surface area contributed by atoms with Crippen molar-refractivity contribution in [1.82, 2.24) is 9.13 Å². The van der Waals surface area contributed by atoms with E-state index in [0.29, 0.717) is 0 Å². The van der Waals surface area contributed by atoms with Gasteiger partial charge in [0.2, 0.25) is 0 Å². The van der Waals surface area contributed by atoms with E-state index < -0.39 is 0 Å². The van der Waals surface area contributed by atoms with Gasteiger partial charge in [0.05, 0.1) is 0 Å². The molecule has 138 valence electrons. The fourth-order valence-corrected chi connectivity index (χ4v) is 4.39. The first-order valence-electron chi connectivity index (χ1n) is 9.47. The second-order valence-corrected chi connectivity index (χ2v) is 7.41. The molecular weight excluding hydrogens is 347 g/mol. The lowest BCUT2D eigenvalue weighted by atomic mass is 9.85. The maximum atomic E-state index is 13.7. The predicted molar refractivity (Wildman–Crippen MR) is 113 cm³/mol. The molecule has 0 fully saturated rings. The maximum Gasteiger partial charge on any atom is 0.123 e. The lowest BCUT2D eigenvalue weighted by Crippen LogP contribution is -2.03. The molecule has 0 radical (unpaired) electrons. The van der Waals surface area contributed by atoms with Crippen molar-refractivity contribution < 1.29 is 4.39 Å². The van der Waals surface area contributed by atoms with Crippen molar-refractivity contribution in [3.8, 4) is 0 Å². The second kappa shape index (κ2) is 6.38. The highest BCUT2D eigenvalue weighted by atomic mass is 19.1.